The molecule has 0 aliphatic heterocycles. The average Bonchev–Trinajstić information content (AvgIpc) is 2.20. The molecule has 0 atom stereocenters. The molecule has 0 aliphatic rings. The summed E-state index contributed by atoms with van der Waals surface area (Å²) in [5.74, 6) is -1.71. The van der Waals surface area contributed by atoms with Gasteiger partial charge in [0.05, 0.1) is 10.3 Å². The van der Waals surface area contributed by atoms with E-state index in [1.165, 1.54) is 13.8 Å². The van der Waals surface area contributed by atoms with Crippen LogP contribution < -0.4 is 0 Å². The van der Waals surface area contributed by atoms with Crippen molar-refractivity contribution >= 4 is 11.7 Å². The van der Waals surface area contributed by atoms with Crippen LogP contribution in [-0.2, 0) is 11.2 Å². The van der Waals surface area contributed by atoms with Crippen molar-refractivity contribution in [2.45, 2.75) is 20.3 Å². The Kier molecular flexibility index (Phi) is 3.45. The van der Waals surface area contributed by atoms with E-state index in [0.29, 0.717) is 0 Å². The molecule has 1 aromatic rings. The first kappa shape index (κ1) is 13.1. The number of carboxylic acids is 1. The number of halogens is 1. The fraction of sp³-hybridized carbons (Fsp3) is 0.364. The highest BCUT2D eigenvalue weighted by atomic mass is 19.1. The standard InChI is InChI=1S/C11H12FNO4/c1-11(2,10(14)15)6-7-5-8(13(16)17)3-4-9(7)12/h3-5H,6H2,1-2H3,(H,14,15). The van der Waals surface area contributed by atoms with Crippen LogP contribution in [-0.4, -0.2) is 16.0 Å². The lowest BCUT2D eigenvalue weighted by Crippen LogP contribution is -2.26. The molecule has 0 aliphatic carbocycles. The normalized spacial score (nSPS) is 11.2. The van der Waals surface area contributed by atoms with Crippen molar-refractivity contribution in [3.8, 4) is 0 Å². The Hall–Kier alpha value is -1.98. The van der Waals surface area contributed by atoms with E-state index < -0.39 is 22.1 Å². The maximum Gasteiger partial charge on any atom is 0.309 e. The minimum absolute atomic E-state index is 0.0339. The molecule has 0 amide bonds. The number of carbonyl (C=O) groups is 1. The van der Waals surface area contributed by atoms with Gasteiger partial charge in [0.25, 0.3) is 5.69 Å². The van der Waals surface area contributed by atoms with Crippen molar-refractivity contribution in [1.29, 1.82) is 0 Å². The van der Waals surface area contributed by atoms with E-state index in [2.05, 4.69) is 0 Å². The fourth-order valence-electron chi connectivity index (χ4n) is 1.36. The molecular weight excluding hydrogens is 229 g/mol. The van der Waals surface area contributed by atoms with E-state index in [0.717, 1.165) is 18.2 Å². The largest absolute Gasteiger partial charge is 0.481 e. The average molecular weight is 241 g/mol. The van der Waals surface area contributed by atoms with Crippen LogP contribution in [0.25, 0.3) is 0 Å². The number of nitro benzene ring substituents is 1. The van der Waals surface area contributed by atoms with Gasteiger partial charge in [-0.3, -0.25) is 14.9 Å². The van der Waals surface area contributed by atoms with Crippen molar-refractivity contribution in [3.05, 3.63) is 39.7 Å². The Morgan fingerprint density at radius 1 is 1.53 bits per heavy atom. The number of hydrogen-bond acceptors (Lipinski definition) is 3. The number of hydrogen-bond donors (Lipinski definition) is 1. The molecule has 0 fully saturated rings. The minimum atomic E-state index is -1.17. The number of nitro groups is 1. The van der Waals surface area contributed by atoms with Crippen LogP contribution in [0.1, 0.15) is 19.4 Å². The SMILES string of the molecule is CC(C)(Cc1cc([N+](=O)[O-])ccc1F)C(=O)O. The van der Waals surface area contributed by atoms with Crippen LogP contribution in [0.5, 0.6) is 0 Å². The third kappa shape index (κ3) is 2.99. The van der Waals surface area contributed by atoms with Gasteiger partial charge in [0, 0.05) is 12.1 Å². The van der Waals surface area contributed by atoms with Crippen LogP contribution >= 0.6 is 0 Å². The Morgan fingerprint density at radius 3 is 2.59 bits per heavy atom. The van der Waals surface area contributed by atoms with Crippen molar-refractivity contribution in [2.24, 2.45) is 5.41 Å². The number of non-ortho nitro benzene ring substituents is 1. The number of benzene rings is 1. The molecule has 1 rings (SSSR count). The third-order valence-corrected chi connectivity index (χ3v) is 2.45. The number of rotatable bonds is 4. The zero-order valence-corrected chi connectivity index (χ0v) is 9.44. The van der Waals surface area contributed by atoms with E-state index in [1.807, 2.05) is 0 Å². The van der Waals surface area contributed by atoms with Gasteiger partial charge in [-0.2, -0.15) is 0 Å². The lowest BCUT2D eigenvalue weighted by Gasteiger charge is -2.19. The minimum Gasteiger partial charge on any atom is -0.481 e. The Morgan fingerprint density at radius 2 is 2.12 bits per heavy atom. The van der Waals surface area contributed by atoms with Gasteiger partial charge in [0.1, 0.15) is 5.82 Å². The third-order valence-electron chi connectivity index (χ3n) is 2.45. The summed E-state index contributed by atoms with van der Waals surface area (Å²) in [6.07, 6.45) is -0.101. The van der Waals surface area contributed by atoms with E-state index in [1.54, 1.807) is 0 Å². The molecule has 0 aromatic heterocycles. The molecule has 5 nitrogen and oxygen atoms in total. The molecule has 0 spiro atoms. The molecule has 92 valence electrons. The van der Waals surface area contributed by atoms with Crippen LogP contribution in [0.15, 0.2) is 18.2 Å². The van der Waals surface area contributed by atoms with Crippen molar-refractivity contribution < 1.29 is 19.2 Å². The lowest BCUT2D eigenvalue weighted by molar-refractivity contribution is -0.385. The number of nitrogens with zero attached hydrogens (tertiary/aromatic N) is 1. The highest BCUT2D eigenvalue weighted by Crippen LogP contribution is 2.26. The zero-order valence-electron chi connectivity index (χ0n) is 9.44. The van der Waals surface area contributed by atoms with E-state index in [4.69, 9.17) is 5.11 Å². The number of carboxylic acid groups (broad SMARTS) is 1. The molecule has 0 radical (unpaired) electrons. The van der Waals surface area contributed by atoms with E-state index >= 15 is 0 Å². The maximum atomic E-state index is 13.4. The molecule has 1 aromatic carbocycles. The fourth-order valence-corrected chi connectivity index (χ4v) is 1.36. The predicted octanol–water partition coefficient (Wildman–Crippen LogP) is 2.39. The zero-order chi connectivity index (χ0) is 13.2. The Labute approximate surface area is 97.0 Å². The molecule has 0 saturated heterocycles. The highest BCUT2D eigenvalue weighted by Gasteiger charge is 2.29. The van der Waals surface area contributed by atoms with Crippen LogP contribution in [0.2, 0.25) is 0 Å². The molecule has 0 heterocycles. The van der Waals surface area contributed by atoms with Gasteiger partial charge >= 0.3 is 5.97 Å². The molecule has 1 N–H and O–H groups in total. The van der Waals surface area contributed by atoms with Gasteiger partial charge in [-0.15, -0.1) is 0 Å². The molecule has 6 heteroatoms. The predicted molar refractivity (Wildman–Crippen MR) is 58.2 cm³/mol. The van der Waals surface area contributed by atoms with E-state index in [-0.39, 0.29) is 17.7 Å². The number of aliphatic carboxylic acids is 1. The quantitative estimate of drug-likeness (QED) is 0.648. The first-order valence-corrected chi connectivity index (χ1v) is 4.90. The second kappa shape index (κ2) is 4.48. The van der Waals surface area contributed by atoms with Crippen molar-refractivity contribution in [1.82, 2.24) is 0 Å². The van der Waals surface area contributed by atoms with Gasteiger partial charge < -0.3 is 5.11 Å². The van der Waals surface area contributed by atoms with Gasteiger partial charge in [-0.1, -0.05) is 0 Å². The molecular formula is C11H12FNO4. The summed E-state index contributed by atoms with van der Waals surface area (Å²) in [6, 6.07) is 3.10. The Balaban J connectivity index is 3.10. The van der Waals surface area contributed by atoms with Crippen LogP contribution in [0.3, 0.4) is 0 Å². The second-order valence-corrected chi connectivity index (χ2v) is 4.40. The summed E-state index contributed by atoms with van der Waals surface area (Å²) in [4.78, 5) is 20.8. The summed E-state index contributed by atoms with van der Waals surface area (Å²) in [5.41, 5.74) is -1.38. The van der Waals surface area contributed by atoms with Gasteiger partial charge in [-0.25, -0.2) is 4.39 Å². The maximum absolute atomic E-state index is 13.4. The highest BCUT2D eigenvalue weighted by molar-refractivity contribution is 5.74. The summed E-state index contributed by atoms with van der Waals surface area (Å²) in [6.45, 7) is 2.88. The molecule has 0 saturated carbocycles. The van der Waals surface area contributed by atoms with E-state index in [9.17, 15) is 19.3 Å². The summed E-state index contributed by atoms with van der Waals surface area (Å²) < 4.78 is 13.4. The summed E-state index contributed by atoms with van der Waals surface area (Å²) in [5, 5.41) is 19.4. The second-order valence-electron chi connectivity index (χ2n) is 4.40. The summed E-state index contributed by atoms with van der Waals surface area (Å²) >= 11 is 0. The molecule has 17 heavy (non-hydrogen) atoms. The van der Waals surface area contributed by atoms with Crippen LogP contribution in [0, 0.1) is 21.3 Å². The van der Waals surface area contributed by atoms with Gasteiger partial charge in [-0.05, 0) is 31.9 Å². The Bertz CT molecular complexity index is 471. The summed E-state index contributed by atoms with van der Waals surface area (Å²) in [7, 11) is 0. The lowest BCUT2D eigenvalue weighted by atomic mass is 9.85. The topological polar surface area (TPSA) is 80.4 Å². The van der Waals surface area contributed by atoms with Crippen LogP contribution in [0.4, 0.5) is 10.1 Å². The first-order chi connectivity index (χ1) is 7.74. The monoisotopic (exact) mass is 241 g/mol. The van der Waals surface area contributed by atoms with Crippen molar-refractivity contribution in [2.75, 3.05) is 0 Å². The van der Waals surface area contributed by atoms with Gasteiger partial charge in [0.2, 0.25) is 0 Å². The van der Waals surface area contributed by atoms with Gasteiger partial charge in [0.15, 0.2) is 0 Å². The smallest absolute Gasteiger partial charge is 0.309 e. The molecule has 0 bridgehead atoms. The molecule has 0 unspecified atom stereocenters. The van der Waals surface area contributed by atoms with Crippen molar-refractivity contribution in [3.63, 3.8) is 0 Å². The first-order valence-electron chi connectivity index (χ1n) is 4.90.